The summed E-state index contributed by atoms with van der Waals surface area (Å²) in [4.78, 5) is 11.4. The number of carbonyl (C=O) groups is 1. The Bertz CT molecular complexity index is 342. The lowest BCUT2D eigenvalue weighted by Crippen LogP contribution is -2.21. The Morgan fingerprint density at radius 3 is 2.44 bits per heavy atom. The molecule has 0 heterocycles. The quantitative estimate of drug-likeness (QED) is 0.653. The molecule has 0 fully saturated rings. The first-order valence-corrected chi connectivity index (χ1v) is 6.05. The van der Waals surface area contributed by atoms with Gasteiger partial charge in [0.1, 0.15) is 5.78 Å². The van der Waals surface area contributed by atoms with Crippen LogP contribution < -0.4 is 0 Å². The number of carbonyl (C=O) groups excluding carboxylic acids is 1. The van der Waals surface area contributed by atoms with Gasteiger partial charge >= 0.3 is 0 Å². The number of rotatable bonds is 3. The third-order valence-corrected chi connectivity index (χ3v) is 4.27. The molecule has 16 heavy (non-hydrogen) atoms. The van der Waals surface area contributed by atoms with Gasteiger partial charge in [0.25, 0.3) is 0 Å². The van der Waals surface area contributed by atoms with Crippen molar-refractivity contribution in [2.24, 2.45) is 16.7 Å². The second-order valence-corrected chi connectivity index (χ2v) is 6.09. The van der Waals surface area contributed by atoms with E-state index in [1.54, 1.807) is 6.92 Å². The molecule has 1 nitrogen and oxygen atoms in total. The molecule has 0 aromatic carbocycles. The second kappa shape index (κ2) is 4.20. The lowest BCUT2D eigenvalue weighted by molar-refractivity contribution is -0.122. The van der Waals surface area contributed by atoms with Crippen LogP contribution in [0.25, 0.3) is 0 Å². The number of ketones is 1. The van der Waals surface area contributed by atoms with E-state index in [2.05, 4.69) is 39.0 Å². The van der Waals surface area contributed by atoms with Crippen molar-refractivity contribution >= 4 is 5.78 Å². The zero-order valence-corrected chi connectivity index (χ0v) is 11.4. The highest BCUT2D eigenvalue weighted by Gasteiger charge is 2.33. The van der Waals surface area contributed by atoms with Crippen molar-refractivity contribution in [3.05, 3.63) is 23.8 Å². The van der Waals surface area contributed by atoms with Crippen LogP contribution in [0.1, 0.15) is 48.0 Å². The van der Waals surface area contributed by atoms with Gasteiger partial charge in [0, 0.05) is 5.41 Å². The zero-order valence-electron chi connectivity index (χ0n) is 11.4. The Morgan fingerprint density at radius 1 is 1.50 bits per heavy atom. The van der Waals surface area contributed by atoms with Crippen molar-refractivity contribution < 1.29 is 4.79 Å². The SMILES string of the molecule is CC(=O)C(C)(C)C=C[C@@H]1CC=C(C)C1(C)C. The molecule has 1 rings (SSSR count). The van der Waals surface area contributed by atoms with E-state index in [0.717, 1.165) is 6.42 Å². The predicted octanol–water partition coefficient (Wildman–Crippen LogP) is 4.15. The third-order valence-electron chi connectivity index (χ3n) is 4.27. The number of hydrogen-bond acceptors (Lipinski definition) is 1. The molecule has 0 aromatic rings. The molecule has 1 atom stereocenters. The van der Waals surface area contributed by atoms with Crippen molar-refractivity contribution in [3.8, 4) is 0 Å². The third kappa shape index (κ3) is 2.45. The summed E-state index contributed by atoms with van der Waals surface area (Å²) in [7, 11) is 0. The van der Waals surface area contributed by atoms with Crippen LogP contribution >= 0.6 is 0 Å². The standard InChI is InChI=1S/C15H24O/c1-11-7-8-13(15(11,5)6)9-10-14(3,4)12(2)16/h7,9-10,13H,8H2,1-6H3/t13-/m0/s1. The van der Waals surface area contributed by atoms with Crippen LogP contribution in [-0.4, -0.2) is 5.78 Å². The first-order valence-electron chi connectivity index (χ1n) is 6.05. The molecule has 0 bridgehead atoms. The molecule has 0 aliphatic heterocycles. The molecule has 0 amide bonds. The largest absolute Gasteiger partial charge is 0.299 e. The van der Waals surface area contributed by atoms with E-state index in [0.29, 0.717) is 5.92 Å². The smallest absolute Gasteiger partial charge is 0.139 e. The van der Waals surface area contributed by atoms with Gasteiger partial charge in [0.05, 0.1) is 0 Å². The summed E-state index contributed by atoms with van der Waals surface area (Å²) in [6.45, 7) is 12.4. The summed E-state index contributed by atoms with van der Waals surface area (Å²) < 4.78 is 0. The predicted molar refractivity (Wildman–Crippen MR) is 69.2 cm³/mol. The van der Waals surface area contributed by atoms with Gasteiger partial charge < -0.3 is 0 Å². The van der Waals surface area contributed by atoms with Gasteiger partial charge in [0.2, 0.25) is 0 Å². The van der Waals surface area contributed by atoms with Crippen LogP contribution in [0.15, 0.2) is 23.8 Å². The molecular formula is C15H24O. The maximum Gasteiger partial charge on any atom is 0.139 e. The van der Waals surface area contributed by atoms with Gasteiger partial charge in [-0.25, -0.2) is 0 Å². The van der Waals surface area contributed by atoms with E-state index in [-0.39, 0.29) is 16.6 Å². The van der Waals surface area contributed by atoms with E-state index in [1.807, 2.05) is 13.8 Å². The summed E-state index contributed by atoms with van der Waals surface area (Å²) in [5.41, 5.74) is 1.37. The fourth-order valence-corrected chi connectivity index (χ4v) is 1.95. The van der Waals surface area contributed by atoms with Gasteiger partial charge in [-0.15, -0.1) is 0 Å². The maximum atomic E-state index is 11.4. The van der Waals surface area contributed by atoms with Crippen LogP contribution in [0.5, 0.6) is 0 Å². The Kier molecular flexibility index (Phi) is 3.47. The van der Waals surface area contributed by atoms with Crippen LogP contribution in [0.4, 0.5) is 0 Å². The monoisotopic (exact) mass is 220 g/mol. The van der Waals surface area contributed by atoms with E-state index in [4.69, 9.17) is 0 Å². The fourth-order valence-electron chi connectivity index (χ4n) is 1.95. The topological polar surface area (TPSA) is 17.1 Å². The lowest BCUT2D eigenvalue weighted by Gasteiger charge is -2.28. The molecule has 90 valence electrons. The Balaban J connectivity index is 2.78. The Labute approximate surface area is 99.6 Å². The van der Waals surface area contributed by atoms with Crippen molar-refractivity contribution in [1.29, 1.82) is 0 Å². The molecule has 1 aliphatic carbocycles. The van der Waals surface area contributed by atoms with E-state index in [9.17, 15) is 4.79 Å². The minimum atomic E-state index is -0.327. The average molecular weight is 220 g/mol. The number of hydrogen-bond donors (Lipinski definition) is 0. The van der Waals surface area contributed by atoms with Crippen LogP contribution in [0, 0.1) is 16.7 Å². The summed E-state index contributed by atoms with van der Waals surface area (Å²) >= 11 is 0. The fraction of sp³-hybridized carbons (Fsp3) is 0.667. The van der Waals surface area contributed by atoms with Crippen molar-refractivity contribution in [1.82, 2.24) is 0 Å². The van der Waals surface area contributed by atoms with Gasteiger partial charge in [-0.2, -0.15) is 0 Å². The van der Waals surface area contributed by atoms with Gasteiger partial charge in [-0.05, 0) is 45.4 Å². The Morgan fingerprint density at radius 2 is 2.06 bits per heavy atom. The van der Waals surface area contributed by atoms with Crippen molar-refractivity contribution in [2.75, 3.05) is 0 Å². The Hall–Kier alpha value is -0.850. The highest BCUT2D eigenvalue weighted by Crippen LogP contribution is 2.44. The first kappa shape index (κ1) is 13.2. The zero-order chi connectivity index (χ0) is 12.6. The summed E-state index contributed by atoms with van der Waals surface area (Å²) in [6, 6.07) is 0. The average Bonchev–Trinajstić information content (AvgIpc) is 2.39. The molecule has 1 aliphatic rings. The van der Waals surface area contributed by atoms with Gasteiger partial charge in [-0.1, -0.05) is 37.6 Å². The van der Waals surface area contributed by atoms with Gasteiger partial charge in [0.15, 0.2) is 0 Å². The highest BCUT2D eigenvalue weighted by molar-refractivity contribution is 5.83. The molecule has 1 heteroatoms. The van der Waals surface area contributed by atoms with E-state index >= 15 is 0 Å². The molecule has 0 unspecified atom stereocenters. The molecule has 0 saturated carbocycles. The van der Waals surface area contributed by atoms with Crippen molar-refractivity contribution in [2.45, 2.75) is 48.0 Å². The minimum absolute atomic E-state index is 0.226. The normalized spacial score (nSPS) is 24.9. The summed E-state index contributed by atoms with van der Waals surface area (Å²) in [5, 5.41) is 0. The molecule has 0 saturated heterocycles. The first-order chi connectivity index (χ1) is 7.18. The van der Waals surface area contributed by atoms with Crippen molar-refractivity contribution in [3.63, 3.8) is 0 Å². The number of Topliss-reactive ketones (excluding diaryl/α,β-unsaturated/α-hetero) is 1. The van der Waals surface area contributed by atoms with Crippen LogP contribution in [0.3, 0.4) is 0 Å². The molecule has 0 spiro atoms. The highest BCUT2D eigenvalue weighted by atomic mass is 16.1. The summed E-state index contributed by atoms with van der Waals surface area (Å²) in [5.74, 6) is 0.760. The molecule has 0 radical (unpaired) electrons. The van der Waals surface area contributed by atoms with E-state index in [1.165, 1.54) is 5.57 Å². The summed E-state index contributed by atoms with van der Waals surface area (Å²) in [6.07, 6.45) is 7.72. The maximum absolute atomic E-state index is 11.4. The second-order valence-electron chi connectivity index (χ2n) is 6.09. The lowest BCUT2D eigenvalue weighted by atomic mass is 9.76. The van der Waals surface area contributed by atoms with E-state index < -0.39 is 0 Å². The number of allylic oxidation sites excluding steroid dienone is 4. The molecule has 0 aromatic heterocycles. The molecular weight excluding hydrogens is 196 g/mol. The minimum Gasteiger partial charge on any atom is -0.299 e. The van der Waals surface area contributed by atoms with Crippen LogP contribution in [-0.2, 0) is 4.79 Å². The van der Waals surface area contributed by atoms with Gasteiger partial charge in [-0.3, -0.25) is 4.79 Å². The van der Waals surface area contributed by atoms with Crippen LogP contribution in [0.2, 0.25) is 0 Å². The molecule has 0 N–H and O–H groups in total.